The highest BCUT2D eigenvalue weighted by Gasteiger charge is 2.25. The van der Waals surface area contributed by atoms with Crippen molar-refractivity contribution in [3.63, 3.8) is 0 Å². The van der Waals surface area contributed by atoms with Gasteiger partial charge in [-0.15, -0.1) is 0 Å². The van der Waals surface area contributed by atoms with Crippen LogP contribution in [-0.4, -0.2) is 43.5 Å². The van der Waals surface area contributed by atoms with Gasteiger partial charge in [0.2, 0.25) is 0 Å². The Bertz CT molecular complexity index is 1670. The highest BCUT2D eigenvalue weighted by atomic mass is 35.5. The van der Waals surface area contributed by atoms with Gasteiger partial charge in [0.05, 0.1) is 26.8 Å². The van der Waals surface area contributed by atoms with Crippen LogP contribution in [0.1, 0.15) is 38.3 Å². The summed E-state index contributed by atoms with van der Waals surface area (Å²) in [5, 5.41) is 12.8. The average Bonchev–Trinajstić information content (AvgIpc) is 3.34. The number of ketones is 1. The Balaban J connectivity index is 1.46. The average molecular weight is 588 g/mol. The number of carbonyl (C=O) groups is 3. The molecule has 3 aromatic carbocycles. The van der Waals surface area contributed by atoms with Gasteiger partial charge in [0.1, 0.15) is 11.6 Å². The number of hydrogen-bond acceptors (Lipinski definition) is 6. The zero-order valence-electron chi connectivity index (χ0n) is 20.6. The van der Waals surface area contributed by atoms with Gasteiger partial charge in [0, 0.05) is 30.0 Å². The van der Waals surface area contributed by atoms with E-state index in [0.717, 1.165) is 22.8 Å². The number of carboxylic acid groups (broad SMARTS) is 1. The van der Waals surface area contributed by atoms with Crippen LogP contribution in [0.4, 0.5) is 0 Å². The fourth-order valence-corrected chi connectivity index (χ4v) is 5.43. The van der Waals surface area contributed by atoms with Gasteiger partial charge in [-0.1, -0.05) is 47.5 Å². The van der Waals surface area contributed by atoms with Gasteiger partial charge >= 0.3 is 5.97 Å². The molecule has 0 fully saturated rings. The van der Waals surface area contributed by atoms with Crippen LogP contribution in [0, 0.1) is 0 Å². The highest BCUT2D eigenvalue weighted by molar-refractivity contribution is 7.90. The van der Waals surface area contributed by atoms with Crippen molar-refractivity contribution in [3.05, 3.63) is 99.2 Å². The molecular formula is C28H23Cl2NO7S. The molecule has 8 nitrogen and oxygen atoms in total. The lowest BCUT2D eigenvalue weighted by molar-refractivity contribution is -0.139. The molecule has 4 aromatic rings. The summed E-state index contributed by atoms with van der Waals surface area (Å²) in [5.41, 5.74) is 2.09. The minimum atomic E-state index is -3.50. The molecular weight excluding hydrogens is 565 g/mol. The topological polar surface area (TPSA) is 131 Å². The Labute approximate surface area is 234 Å². The molecule has 0 aliphatic rings. The molecule has 1 amide bonds. The maximum atomic E-state index is 13.0. The van der Waals surface area contributed by atoms with Crippen molar-refractivity contribution in [3.8, 4) is 0 Å². The molecule has 202 valence electrons. The van der Waals surface area contributed by atoms with Gasteiger partial charge in [-0.3, -0.25) is 9.59 Å². The largest absolute Gasteiger partial charge is 0.480 e. The molecule has 0 saturated carbocycles. The SMILES string of the molecule is CS(=O)(=O)c1cccc(C[C@H](NC(=O)c2c(Cl)cc(C(=O)CCc3ccc4ccoc4c3)cc2Cl)C(=O)O)c1. The number of sulfone groups is 1. The predicted octanol–water partition coefficient (Wildman–Crippen LogP) is 5.38. The van der Waals surface area contributed by atoms with E-state index >= 15 is 0 Å². The first-order chi connectivity index (χ1) is 18.4. The van der Waals surface area contributed by atoms with Crippen LogP contribution in [0.15, 0.2) is 76.2 Å². The number of Topliss-reactive ketones (excluding diaryl/α,β-unsaturated/α-hetero) is 1. The van der Waals surface area contributed by atoms with Crippen LogP contribution in [-0.2, 0) is 27.5 Å². The van der Waals surface area contributed by atoms with Gasteiger partial charge in [-0.05, 0) is 53.9 Å². The summed E-state index contributed by atoms with van der Waals surface area (Å²) < 4.78 is 29.0. The second-order valence-corrected chi connectivity index (χ2v) is 11.8. The number of halogens is 2. The number of rotatable bonds is 10. The third-order valence-corrected chi connectivity index (χ3v) is 7.83. The number of carboxylic acids is 1. The summed E-state index contributed by atoms with van der Waals surface area (Å²) in [6, 6.07) is 14.6. The number of aryl methyl sites for hydroxylation is 1. The number of benzene rings is 3. The molecule has 0 radical (unpaired) electrons. The Morgan fingerprint density at radius 1 is 0.974 bits per heavy atom. The molecule has 0 bridgehead atoms. The first-order valence-electron chi connectivity index (χ1n) is 11.7. The second kappa shape index (κ2) is 11.6. The van der Waals surface area contributed by atoms with Crippen LogP contribution in [0.2, 0.25) is 10.0 Å². The van der Waals surface area contributed by atoms with Crippen molar-refractivity contribution in [2.45, 2.75) is 30.2 Å². The van der Waals surface area contributed by atoms with Gasteiger partial charge in [-0.25, -0.2) is 13.2 Å². The maximum absolute atomic E-state index is 13.0. The van der Waals surface area contributed by atoms with Gasteiger partial charge in [-0.2, -0.15) is 0 Å². The third-order valence-electron chi connectivity index (χ3n) is 6.12. The van der Waals surface area contributed by atoms with E-state index in [0.29, 0.717) is 12.0 Å². The summed E-state index contributed by atoms with van der Waals surface area (Å²) in [6.07, 6.45) is 3.07. The second-order valence-electron chi connectivity index (χ2n) is 9.02. The van der Waals surface area contributed by atoms with Crippen LogP contribution in [0.3, 0.4) is 0 Å². The Morgan fingerprint density at radius 3 is 2.36 bits per heavy atom. The van der Waals surface area contributed by atoms with Crippen molar-refractivity contribution in [1.82, 2.24) is 5.32 Å². The fourth-order valence-electron chi connectivity index (χ4n) is 4.08. The van der Waals surface area contributed by atoms with E-state index in [-0.39, 0.29) is 44.7 Å². The standard InChI is InChI=1S/C28H23Cl2NO7S/c1-39(36,37)20-4-2-3-17(11-20)12-23(28(34)35)31-27(33)26-21(29)14-19(15-22(26)30)24(32)8-6-16-5-7-18-9-10-38-25(18)13-16/h2-5,7,9-11,13-15,23H,6,8,12H2,1H3,(H,31,33)(H,34,35)/t23-/m0/s1. The summed E-state index contributed by atoms with van der Waals surface area (Å²) in [5.74, 6) is -2.42. The molecule has 1 heterocycles. The number of carbonyl (C=O) groups excluding carboxylic acids is 2. The van der Waals surface area contributed by atoms with Crippen molar-refractivity contribution in [2.75, 3.05) is 6.26 Å². The zero-order valence-corrected chi connectivity index (χ0v) is 22.9. The minimum absolute atomic E-state index is 0.0309. The molecule has 0 aliphatic heterocycles. The van der Waals surface area contributed by atoms with Gasteiger partial charge in [0.25, 0.3) is 5.91 Å². The van der Waals surface area contributed by atoms with Crippen molar-refractivity contribution in [1.29, 1.82) is 0 Å². The first-order valence-corrected chi connectivity index (χ1v) is 14.4. The van der Waals surface area contributed by atoms with E-state index in [1.54, 1.807) is 12.3 Å². The number of aliphatic carboxylic acids is 1. The van der Waals surface area contributed by atoms with Crippen molar-refractivity contribution >= 4 is 61.7 Å². The molecule has 0 aliphatic carbocycles. The maximum Gasteiger partial charge on any atom is 0.326 e. The minimum Gasteiger partial charge on any atom is -0.480 e. The molecule has 0 spiro atoms. The van der Waals surface area contributed by atoms with E-state index in [9.17, 15) is 27.9 Å². The lowest BCUT2D eigenvalue weighted by atomic mass is 10.0. The molecule has 39 heavy (non-hydrogen) atoms. The summed E-state index contributed by atoms with van der Waals surface area (Å²) >= 11 is 12.6. The predicted molar refractivity (Wildman–Crippen MR) is 147 cm³/mol. The quantitative estimate of drug-likeness (QED) is 0.238. The van der Waals surface area contributed by atoms with Crippen molar-refractivity contribution < 1.29 is 32.3 Å². The smallest absolute Gasteiger partial charge is 0.326 e. The molecule has 1 aromatic heterocycles. The fraction of sp³-hybridized carbons (Fsp3) is 0.179. The number of hydrogen-bond donors (Lipinski definition) is 2. The van der Waals surface area contributed by atoms with Crippen LogP contribution in [0.5, 0.6) is 0 Å². The Morgan fingerprint density at radius 2 is 1.69 bits per heavy atom. The van der Waals surface area contributed by atoms with Crippen LogP contribution in [0.25, 0.3) is 11.0 Å². The van der Waals surface area contributed by atoms with E-state index < -0.39 is 27.8 Å². The molecule has 1 atom stereocenters. The molecule has 4 rings (SSSR count). The first kappa shape index (κ1) is 28.4. The highest BCUT2D eigenvalue weighted by Crippen LogP contribution is 2.28. The summed E-state index contributed by atoms with van der Waals surface area (Å²) in [7, 11) is -3.50. The third kappa shape index (κ3) is 6.86. The van der Waals surface area contributed by atoms with Gasteiger partial charge in [0.15, 0.2) is 15.6 Å². The number of amides is 1. The van der Waals surface area contributed by atoms with E-state index in [1.165, 1.54) is 30.3 Å². The van der Waals surface area contributed by atoms with E-state index in [2.05, 4.69) is 5.32 Å². The van der Waals surface area contributed by atoms with E-state index in [1.807, 2.05) is 24.3 Å². The summed E-state index contributed by atoms with van der Waals surface area (Å²) in [4.78, 5) is 37.7. The number of nitrogens with one attached hydrogen (secondary N) is 1. The van der Waals surface area contributed by atoms with Crippen LogP contribution < -0.4 is 5.32 Å². The monoisotopic (exact) mass is 587 g/mol. The zero-order chi connectivity index (χ0) is 28.3. The molecule has 11 heteroatoms. The molecule has 2 N–H and O–H groups in total. The lowest BCUT2D eigenvalue weighted by Crippen LogP contribution is -2.42. The van der Waals surface area contributed by atoms with Gasteiger partial charge < -0.3 is 14.8 Å². The lowest BCUT2D eigenvalue weighted by Gasteiger charge is -2.17. The number of furan rings is 1. The molecule has 0 unspecified atom stereocenters. The summed E-state index contributed by atoms with van der Waals surface area (Å²) in [6.45, 7) is 0. The Hall–Kier alpha value is -3.66. The van der Waals surface area contributed by atoms with E-state index in [4.69, 9.17) is 27.6 Å². The molecule has 0 saturated heterocycles. The normalized spacial score (nSPS) is 12.3. The van der Waals surface area contributed by atoms with Crippen LogP contribution >= 0.6 is 23.2 Å². The van der Waals surface area contributed by atoms with Crippen molar-refractivity contribution in [2.24, 2.45) is 0 Å². The Kier molecular flexibility index (Phi) is 8.44. The number of fused-ring (bicyclic) bond motifs is 1.